The molecule has 0 amide bonds. The van der Waals surface area contributed by atoms with Gasteiger partial charge in [0.1, 0.15) is 0 Å². The molecule has 0 radical (unpaired) electrons. The minimum Gasteiger partial charge on any atom is -0.321 e. The second-order valence-corrected chi connectivity index (χ2v) is 6.28. The zero-order valence-electron chi connectivity index (χ0n) is 10.6. The molecule has 1 nitrogen and oxygen atoms in total. The summed E-state index contributed by atoms with van der Waals surface area (Å²) < 4.78 is 0. The predicted molar refractivity (Wildman–Crippen MR) is 77.9 cm³/mol. The molecular formula is C16H19NS. The summed E-state index contributed by atoms with van der Waals surface area (Å²) in [7, 11) is 0. The van der Waals surface area contributed by atoms with Gasteiger partial charge in [-0.3, -0.25) is 0 Å². The highest BCUT2D eigenvalue weighted by Crippen LogP contribution is 2.36. The van der Waals surface area contributed by atoms with E-state index in [1.807, 2.05) is 11.3 Å². The van der Waals surface area contributed by atoms with Crippen LogP contribution in [-0.2, 0) is 18.4 Å². The fourth-order valence-corrected chi connectivity index (χ4v) is 3.72. The summed E-state index contributed by atoms with van der Waals surface area (Å²) in [4.78, 5) is 1.45. The summed E-state index contributed by atoms with van der Waals surface area (Å²) in [6, 6.07) is 13.0. The lowest BCUT2D eigenvalue weighted by Crippen LogP contribution is -2.40. The van der Waals surface area contributed by atoms with Gasteiger partial charge in [0.2, 0.25) is 0 Å². The SMILES string of the molecule is NC1(CCc2cccs2)CCCc2ccccc21. The number of thiophene rings is 1. The first-order valence-electron chi connectivity index (χ1n) is 6.68. The molecule has 0 bridgehead atoms. The molecule has 1 aromatic carbocycles. The Balaban J connectivity index is 1.82. The van der Waals surface area contributed by atoms with Crippen molar-refractivity contribution in [2.24, 2.45) is 5.73 Å². The second-order valence-electron chi connectivity index (χ2n) is 5.25. The smallest absolute Gasteiger partial charge is 0.0416 e. The van der Waals surface area contributed by atoms with E-state index in [4.69, 9.17) is 5.73 Å². The van der Waals surface area contributed by atoms with E-state index < -0.39 is 0 Å². The number of nitrogens with two attached hydrogens (primary N) is 1. The van der Waals surface area contributed by atoms with E-state index >= 15 is 0 Å². The minimum atomic E-state index is -0.112. The van der Waals surface area contributed by atoms with Gasteiger partial charge in [-0.15, -0.1) is 11.3 Å². The molecule has 2 aromatic rings. The highest BCUT2D eigenvalue weighted by atomic mass is 32.1. The Labute approximate surface area is 113 Å². The summed E-state index contributed by atoms with van der Waals surface area (Å²) >= 11 is 1.84. The van der Waals surface area contributed by atoms with E-state index in [9.17, 15) is 0 Å². The third kappa shape index (κ3) is 2.23. The van der Waals surface area contributed by atoms with E-state index in [-0.39, 0.29) is 5.54 Å². The van der Waals surface area contributed by atoms with Crippen molar-refractivity contribution in [2.45, 2.75) is 37.6 Å². The van der Waals surface area contributed by atoms with Gasteiger partial charge in [0.25, 0.3) is 0 Å². The molecule has 1 unspecified atom stereocenters. The minimum absolute atomic E-state index is 0.112. The van der Waals surface area contributed by atoms with Crippen LogP contribution in [0.1, 0.15) is 35.3 Å². The summed E-state index contributed by atoms with van der Waals surface area (Å²) in [6.45, 7) is 0. The van der Waals surface area contributed by atoms with Crippen molar-refractivity contribution in [3.05, 3.63) is 57.8 Å². The normalized spacial score (nSPS) is 22.7. The Kier molecular flexibility index (Phi) is 3.23. The third-order valence-electron chi connectivity index (χ3n) is 4.02. The molecule has 0 fully saturated rings. The Morgan fingerprint density at radius 2 is 2.06 bits per heavy atom. The molecule has 2 heteroatoms. The van der Waals surface area contributed by atoms with Crippen molar-refractivity contribution in [3.8, 4) is 0 Å². The fraction of sp³-hybridized carbons (Fsp3) is 0.375. The van der Waals surface area contributed by atoms with Crippen molar-refractivity contribution >= 4 is 11.3 Å². The summed E-state index contributed by atoms with van der Waals surface area (Å²) in [6.07, 6.45) is 5.69. The fourth-order valence-electron chi connectivity index (χ4n) is 3.01. The topological polar surface area (TPSA) is 26.0 Å². The van der Waals surface area contributed by atoms with Crippen LogP contribution < -0.4 is 5.73 Å². The lowest BCUT2D eigenvalue weighted by molar-refractivity contribution is 0.347. The molecule has 1 aromatic heterocycles. The van der Waals surface area contributed by atoms with Crippen LogP contribution in [0.3, 0.4) is 0 Å². The van der Waals surface area contributed by atoms with Crippen LogP contribution in [0.2, 0.25) is 0 Å². The number of rotatable bonds is 3. The first-order chi connectivity index (χ1) is 8.78. The van der Waals surface area contributed by atoms with Crippen LogP contribution in [0.15, 0.2) is 41.8 Å². The molecule has 1 aliphatic rings. The molecule has 94 valence electrons. The maximum Gasteiger partial charge on any atom is 0.0416 e. The van der Waals surface area contributed by atoms with Gasteiger partial charge in [0.15, 0.2) is 0 Å². The number of benzene rings is 1. The number of aryl methyl sites for hydroxylation is 2. The number of hydrogen-bond acceptors (Lipinski definition) is 2. The molecule has 0 aliphatic heterocycles. The van der Waals surface area contributed by atoms with Crippen LogP contribution in [0.4, 0.5) is 0 Å². The average Bonchev–Trinajstić information content (AvgIpc) is 2.90. The lowest BCUT2D eigenvalue weighted by atomic mass is 9.74. The van der Waals surface area contributed by atoms with Gasteiger partial charge in [0, 0.05) is 10.4 Å². The third-order valence-corrected chi connectivity index (χ3v) is 4.96. The number of hydrogen-bond donors (Lipinski definition) is 1. The number of fused-ring (bicyclic) bond motifs is 1. The van der Waals surface area contributed by atoms with Gasteiger partial charge in [-0.05, 0) is 54.7 Å². The van der Waals surface area contributed by atoms with Gasteiger partial charge in [-0.2, -0.15) is 0 Å². The predicted octanol–water partition coefficient (Wildman–Crippen LogP) is 3.87. The quantitative estimate of drug-likeness (QED) is 0.887. The highest BCUT2D eigenvalue weighted by Gasteiger charge is 2.31. The molecular weight excluding hydrogens is 238 g/mol. The van der Waals surface area contributed by atoms with Crippen LogP contribution in [0.25, 0.3) is 0 Å². The summed E-state index contributed by atoms with van der Waals surface area (Å²) in [5.41, 5.74) is 9.42. The van der Waals surface area contributed by atoms with Gasteiger partial charge in [-0.25, -0.2) is 0 Å². The maximum absolute atomic E-state index is 6.69. The molecule has 0 saturated heterocycles. The molecule has 0 saturated carbocycles. The van der Waals surface area contributed by atoms with Crippen LogP contribution in [0.5, 0.6) is 0 Å². The zero-order valence-corrected chi connectivity index (χ0v) is 11.4. The second kappa shape index (κ2) is 4.87. The van der Waals surface area contributed by atoms with Crippen LogP contribution in [0, 0.1) is 0 Å². The Morgan fingerprint density at radius 3 is 2.89 bits per heavy atom. The van der Waals surface area contributed by atoms with E-state index in [0.717, 1.165) is 19.3 Å². The van der Waals surface area contributed by atoms with E-state index in [2.05, 4.69) is 41.8 Å². The van der Waals surface area contributed by atoms with E-state index in [1.165, 1.54) is 28.8 Å². The average molecular weight is 257 g/mol. The van der Waals surface area contributed by atoms with Gasteiger partial charge in [0.05, 0.1) is 0 Å². The van der Waals surface area contributed by atoms with E-state index in [0.29, 0.717) is 0 Å². The molecule has 3 rings (SSSR count). The Morgan fingerprint density at radius 1 is 1.17 bits per heavy atom. The molecule has 2 N–H and O–H groups in total. The van der Waals surface area contributed by atoms with Gasteiger partial charge >= 0.3 is 0 Å². The van der Waals surface area contributed by atoms with Crippen LogP contribution in [-0.4, -0.2) is 0 Å². The van der Waals surface area contributed by atoms with Gasteiger partial charge < -0.3 is 5.73 Å². The van der Waals surface area contributed by atoms with Crippen molar-refractivity contribution in [1.82, 2.24) is 0 Å². The summed E-state index contributed by atoms with van der Waals surface area (Å²) in [5, 5.41) is 2.15. The Bertz CT molecular complexity index is 518. The zero-order chi connectivity index (χ0) is 12.4. The molecule has 18 heavy (non-hydrogen) atoms. The maximum atomic E-state index is 6.69. The highest BCUT2D eigenvalue weighted by molar-refractivity contribution is 7.09. The molecule has 1 atom stereocenters. The van der Waals surface area contributed by atoms with E-state index in [1.54, 1.807) is 0 Å². The Hall–Kier alpha value is -1.12. The monoisotopic (exact) mass is 257 g/mol. The van der Waals surface area contributed by atoms with Crippen molar-refractivity contribution in [1.29, 1.82) is 0 Å². The van der Waals surface area contributed by atoms with Crippen LogP contribution >= 0.6 is 11.3 Å². The van der Waals surface area contributed by atoms with Crippen molar-refractivity contribution in [2.75, 3.05) is 0 Å². The van der Waals surface area contributed by atoms with Crippen molar-refractivity contribution < 1.29 is 0 Å². The van der Waals surface area contributed by atoms with Gasteiger partial charge in [-0.1, -0.05) is 30.3 Å². The molecule has 1 aliphatic carbocycles. The largest absolute Gasteiger partial charge is 0.321 e. The first kappa shape index (κ1) is 11.9. The standard InChI is InChI=1S/C16H19NS/c17-16(11-9-14-7-4-12-18-14)10-3-6-13-5-1-2-8-15(13)16/h1-2,4-5,7-8,12H,3,6,9-11,17H2. The van der Waals surface area contributed by atoms with Crippen molar-refractivity contribution in [3.63, 3.8) is 0 Å². The molecule has 1 heterocycles. The lowest BCUT2D eigenvalue weighted by Gasteiger charge is -2.36. The summed E-state index contributed by atoms with van der Waals surface area (Å²) in [5.74, 6) is 0. The molecule has 0 spiro atoms. The first-order valence-corrected chi connectivity index (χ1v) is 7.56.